The monoisotopic (exact) mass is 260 g/mol. The number of aromatic nitrogens is 1. The first-order chi connectivity index (χ1) is 9.24. The lowest BCUT2D eigenvalue weighted by Crippen LogP contribution is -2.17. The van der Waals surface area contributed by atoms with E-state index >= 15 is 0 Å². The topological polar surface area (TPSA) is 47.3 Å². The molecule has 2 aromatic rings. The minimum Gasteiger partial charge on any atom is -0.492 e. The Kier molecular flexibility index (Phi) is 4.58. The number of nitrogens with one attached hydrogen (secondary N) is 1. The summed E-state index contributed by atoms with van der Waals surface area (Å²) < 4.78 is 11.0. The van der Waals surface area contributed by atoms with Gasteiger partial charge in [-0.2, -0.15) is 0 Å². The minimum absolute atomic E-state index is 0.0649. The van der Waals surface area contributed by atoms with Crippen LogP contribution in [0.2, 0.25) is 0 Å². The number of rotatable bonds is 6. The van der Waals surface area contributed by atoms with Gasteiger partial charge in [-0.15, -0.1) is 0 Å². The van der Waals surface area contributed by atoms with E-state index < -0.39 is 0 Å². The van der Waals surface area contributed by atoms with Crippen molar-refractivity contribution in [2.24, 2.45) is 0 Å². The van der Waals surface area contributed by atoms with Crippen LogP contribution in [0.4, 0.5) is 0 Å². The van der Waals surface area contributed by atoms with E-state index in [0.29, 0.717) is 6.61 Å². The molecule has 0 aliphatic heterocycles. The predicted octanol–water partition coefficient (Wildman–Crippen LogP) is 3.08. The van der Waals surface area contributed by atoms with E-state index in [4.69, 9.17) is 9.15 Å². The minimum atomic E-state index is 0.0649. The molecule has 1 N–H and O–H groups in total. The average Bonchev–Trinajstić information content (AvgIpc) is 2.84. The fraction of sp³-hybridized carbons (Fsp3) is 0.400. The van der Waals surface area contributed by atoms with Gasteiger partial charge in [0.2, 0.25) is 0 Å². The van der Waals surface area contributed by atoms with E-state index in [1.165, 1.54) is 0 Å². The van der Waals surface area contributed by atoms with Crippen LogP contribution >= 0.6 is 0 Å². The molecule has 4 nitrogen and oxygen atoms in total. The highest BCUT2D eigenvalue weighted by Gasteiger charge is 2.15. The molecule has 0 bridgehead atoms. The van der Waals surface area contributed by atoms with E-state index in [9.17, 15) is 0 Å². The van der Waals surface area contributed by atoms with E-state index in [1.54, 1.807) is 12.5 Å². The third-order valence-electron chi connectivity index (χ3n) is 2.91. The smallest absolute Gasteiger partial charge is 0.137 e. The summed E-state index contributed by atoms with van der Waals surface area (Å²) in [6, 6.07) is 4.11. The Morgan fingerprint density at radius 1 is 1.32 bits per heavy atom. The summed E-state index contributed by atoms with van der Waals surface area (Å²) in [5, 5.41) is 3.28. The zero-order chi connectivity index (χ0) is 13.7. The second-order valence-electron chi connectivity index (χ2n) is 4.51. The molecule has 2 heterocycles. The summed E-state index contributed by atoms with van der Waals surface area (Å²) in [5.74, 6) is 1.71. The molecular weight excluding hydrogens is 240 g/mol. The molecule has 1 atom stereocenters. The number of furan rings is 1. The van der Waals surface area contributed by atoms with Crippen molar-refractivity contribution in [2.75, 3.05) is 13.7 Å². The highest BCUT2D eigenvalue weighted by atomic mass is 16.5. The summed E-state index contributed by atoms with van der Waals surface area (Å²) in [6.07, 6.45) is 6.35. The molecule has 1 unspecified atom stereocenters. The van der Waals surface area contributed by atoms with Gasteiger partial charge in [-0.05, 0) is 38.1 Å². The number of pyridine rings is 1. The van der Waals surface area contributed by atoms with Gasteiger partial charge in [-0.25, -0.2) is 0 Å². The summed E-state index contributed by atoms with van der Waals surface area (Å²) in [4.78, 5) is 4.24. The molecule has 2 aromatic heterocycles. The first kappa shape index (κ1) is 13.6. The van der Waals surface area contributed by atoms with Crippen molar-refractivity contribution in [2.45, 2.75) is 26.3 Å². The number of ether oxygens (including phenoxy) is 1. The molecular formula is C15H20N2O2. The Labute approximate surface area is 113 Å². The summed E-state index contributed by atoms with van der Waals surface area (Å²) in [5.41, 5.74) is 2.16. The van der Waals surface area contributed by atoms with E-state index in [1.807, 2.05) is 32.3 Å². The highest BCUT2D eigenvalue weighted by Crippen LogP contribution is 2.25. The van der Waals surface area contributed by atoms with Crippen LogP contribution < -0.4 is 10.1 Å². The van der Waals surface area contributed by atoms with Crippen LogP contribution in [0.3, 0.4) is 0 Å². The van der Waals surface area contributed by atoms with Crippen molar-refractivity contribution in [3.05, 3.63) is 47.7 Å². The molecule has 2 rings (SSSR count). The molecule has 19 heavy (non-hydrogen) atoms. The predicted molar refractivity (Wildman–Crippen MR) is 74.4 cm³/mol. The summed E-state index contributed by atoms with van der Waals surface area (Å²) in [6.45, 7) is 4.73. The fourth-order valence-electron chi connectivity index (χ4n) is 2.03. The first-order valence-corrected chi connectivity index (χ1v) is 6.54. The highest BCUT2D eigenvalue weighted by molar-refractivity contribution is 5.33. The van der Waals surface area contributed by atoms with E-state index in [0.717, 1.165) is 29.1 Å². The zero-order valence-corrected chi connectivity index (χ0v) is 11.6. The van der Waals surface area contributed by atoms with Gasteiger partial charge >= 0.3 is 0 Å². The average molecular weight is 260 g/mol. The van der Waals surface area contributed by atoms with Gasteiger partial charge in [0.25, 0.3) is 0 Å². The van der Waals surface area contributed by atoms with Crippen LogP contribution in [0.25, 0.3) is 0 Å². The van der Waals surface area contributed by atoms with E-state index in [2.05, 4.69) is 17.2 Å². The maximum Gasteiger partial charge on any atom is 0.137 e. The molecule has 0 spiro atoms. The van der Waals surface area contributed by atoms with Gasteiger partial charge in [0.15, 0.2) is 0 Å². The molecule has 0 radical (unpaired) electrons. The Balaban J connectivity index is 2.23. The Hall–Kier alpha value is -1.81. The molecule has 0 aliphatic rings. The third-order valence-corrected chi connectivity index (χ3v) is 2.91. The van der Waals surface area contributed by atoms with Crippen molar-refractivity contribution in [3.63, 3.8) is 0 Å². The number of aryl methyl sites for hydroxylation is 1. The van der Waals surface area contributed by atoms with Gasteiger partial charge in [0, 0.05) is 11.8 Å². The second-order valence-corrected chi connectivity index (χ2v) is 4.51. The molecule has 0 fully saturated rings. The largest absolute Gasteiger partial charge is 0.492 e. The molecule has 0 saturated carbocycles. The van der Waals surface area contributed by atoms with Crippen molar-refractivity contribution < 1.29 is 9.15 Å². The fourth-order valence-corrected chi connectivity index (χ4v) is 2.03. The second kappa shape index (κ2) is 6.38. The number of hydrogen-bond donors (Lipinski definition) is 1. The Morgan fingerprint density at radius 2 is 2.16 bits per heavy atom. The quantitative estimate of drug-likeness (QED) is 0.867. The lowest BCUT2D eigenvalue weighted by molar-refractivity contribution is 0.315. The summed E-state index contributed by atoms with van der Waals surface area (Å²) in [7, 11) is 1.92. The SMILES string of the molecule is CCCOc1cncc(C(NC)c2coc(C)c2)c1. The normalized spacial score (nSPS) is 12.4. The van der Waals surface area contributed by atoms with Gasteiger partial charge in [-0.1, -0.05) is 6.92 Å². The molecule has 4 heteroatoms. The van der Waals surface area contributed by atoms with Crippen molar-refractivity contribution in [1.29, 1.82) is 0 Å². The summed E-state index contributed by atoms with van der Waals surface area (Å²) >= 11 is 0. The van der Waals surface area contributed by atoms with Crippen LogP contribution in [0.1, 0.15) is 36.3 Å². The van der Waals surface area contributed by atoms with Gasteiger partial charge < -0.3 is 14.5 Å². The van der Waals surface area contributed by atoms with Gasteiger partial charge in [0.05, 0.1) is 25.1 Å². The van der Waals surface area contributed by atoms with Crippen molar-refractivity contribution in [3.8, 4) is 5.75 Å². The standard InChI is InChI=1S/C15H20N2O2/c1-4-5-18-14-7-12(8-17-9-14)15(16-3)13-6-11(2)19-10-13/h6-10,15-16H,4-5H2,1-3H3. The first-order valence-electron chi connectivity index (χ1n) is 6.54. The van der Waals surface area contributed by atoms with Crippen LogP contribution in [0.15, 0.2) is 35.2 Å². The van der Waals surface area contributed by atoms with E-state index in [-0.39, 0.29) is 6.04 Å². The Morgan fingerprint density at radius 3 is 2.79 bits per heavy atom. The van der Waals surface area contributed by atoms with Crippen LogP contribution in [-0.4, -0.2) is 18.6 Å². The van der Waals surface area contributed by atoms with Crippen molar-refractivity contribution in [1.82, 2.24) is 10.3 Å². The maximum atomic E-state index is 5.62. The van der Waals surface area contributed by atoms with Crippen molar-refractivity contribution >= 4 is 0 Å². The van der Waals surface area contributed by atoms with Crippen LogP contribution in [0, 0.1) is 6.92 Å². The van der Waals surface area contributed by atoms with Crippen LogP contribution in [0.5, 0.6) is 5.75 Å². The van der Waals surface area contributed by atoms with Gasteiger partial charge in [0.1, 0.15) is 11.5 Å². The van der Waals surface area contributed by atoms with Gasteiger partial charge in [-0.3, -0.25) is 4.98 Å². The maximum absolute atomic E-state index is 5.62. The Bertz CT molecular complexity index is 522. The molecule has 0 saturated heterocycles. The lowest BCUT2D eigenvalue weighted by atomic mass is 10.0. The number of nitrogens with zero attached hydrogens (tertiary/aromatic N) is 1. The third kappa shape index (κ3) is 3.35. The molecule has 0 aliphatic carbocycles. The zero-order valence-electron chi connectivity index (χ0n) is 11.6. The lowest BCUT2D eigenvalue weighted by Gasteiger charge is -2.15. The molecule has 0 amide bonds. The van der Waals surface area contributed by atoms with Crippen LogP contribution in [-0.2, 0) is 0 Å². The molecule has 0 aromatic carbocycles. The molecule has 102 valence electrons. The number of hydrogen-bond acceptors (Lipinski definition) is 4.